The second kappa shape index (κ2) is 6.26. The van der Waals surface area contributed by atoms with Crippen molar-refractivity contribution < 1.29 is 24.2 Å². The van der Waals surface area contributed by atoms with E-state index in [4.69, 9.17) is 26.2 Å². The molecule has 6 heteroatoms. The zero-order valence-electron chi connectivity index (χ0n) is 9.97. The smallest absolute Gasteiger partial charge is 0.344 e. The molecule has 0 heterocycles. The molecule has 0 amide bonds. The van der Waals surface area contributed by atoms with E-state index in [9.17, 15) is 9.59 Å². The van der Waals surface area contributed by atoms with E-state index in [0.29, 0.717) is 18.5 Å². The highest BCUT2D eigenvalue weighted by molar-refractivity contribution is 6.32. The maximum atomic E-state index is 10.7. The number of ether oxygens (including phenoxy) is 2. The zero-order chi connectivity index (χ0) is 13.7. The summed E-state index contributed by atoms with van der Waals surface area (Å²) in [5.41, 5.74) is 0.332. The summed E-state index contributed by atoms with van der Waals surface area (Å²) in [6, 6.07) is 2.84. The first kappa shape index (κ1) is 14.3. The Morgan fingerprint density at radius 2 is 2.22 bits per heavy atom. The van der Waals surface area contributed by atoms with E-state index in [1.807, 2.05) is 0 Å². The molecule has 0 radical (unpaired) electrons. The van der Waals surface area contributed by atoms with Crippen LogP contribution in [0, 0.1) is 0 Å². The Bertz CT molecular complexity index is 458. The van der Waals surface area contributed by atoms with Crippen LogP contribution in [-0.4, -0.2) is 30.1 Å². The van der Waals surface area contributed by atoms with Crippen LogP contribution in [0.3, 0.4) is 0 Å². The van der Waals surface area contributed by atoms with Crippen molar-refractivity contribution in [1.82, 2.24) is 0 Å². The number of hydrogen-bond donors (Lipinski definition) is 1. The molecule has 0 saturated carbocycles. The van der Waals surface area contributed by atoms with Gasteiger partial charge in [0, 0.05) is 5.56 Å². The van der Waals surface area contributed by atoms with Crippen LogP contribution in [0.1, 0.15) is 24.2 Å². The van der Waals surface area contributed by atoms with Gasteiger partial charge in [-0.15, -0.1) is 0 Å². The van der Waals surface area contributed by atoms with Crippen molar-refractivity contribution >= 4 is 23.9 Å². The minimum Gasteiger partial charge on any atom is -0.490 e. The van der Waals surface area contributed by atoms with Gasteiger partial charge in [-0.2, -0.15) is 0 Å². The predicted octanol–water partition coefficient (Wildman–Crippen LogP) is 2.40. The Hall–Kier alpha value is -1.75. The molecular weight excluding hydrogens is 260 g/mol. The molecule has 98 valence electrons. The molecule has 18 heavy (non-hydrogen) atoms. The summed E-state index contributed by atoms with van der Waals surface area (Å²) in [6.45, 7) is 3.48. The Labute approximate surface area is 109 Å². The number of rotatable bonds is 6. The zero-order valence-corrected chi connectivity index (χ0v) is 10.7. The molecule has 1 N–H and O–H groups in total. The summed E-state index contributed by atoms with van der Waals surface area (Å²) in [5, 5.41) is 8.93. The molecule has 0 unspecified atom stereocenters. The van der Waals surface area contributed by atoms with E-state index in [0.717, 1.165) is 0 Å². The van der Waals surface area contributed by atoms with Gasteiger partial charge in [-0.1, -0.05) is 11.6 Å². The van der Waals surface area contributed by atoms with Crippen LogP contribution < -0.4 is 9.47 Å². The van der Waals surface area contributed by atoms with Gasteiger partial charge in [-0.25, -0.2) is 4.79 Å². The van der Waals surface area contributed by atoms with Crippen molar-refractivity contribution in [2.45, 2.75) is 20.0 Å². The summed E-state index contributed by atoms with van der Waals surface area (Å²) in [7, 11) is 0. The molecule has 1 aromatic carbocycles. The largest absolute Gasteiger partial charge is 0.490 e. The number of hydrogen-bond acceptors (Lipinski definition) is 4. The van der Waals surface area contributed by atoms with E-state index in [1.54, 1.807) is 6.92 Å². The van der Waals surface area contributed by atoms with Gasteiger partial charge in [0.15, 0.2) is 17.6 Å². The van der Waals surface area contributed by atoms with Crippen molar-refractivity contribution in [3.8, 4) is 11.5 Å². The first-order valence-corrected chi connectivity index (χ1v) is 5.68. The van der Waals surface area contributed by atoms with E-state index in [-0.39, 0.29) is 16.5 Å². The lowest BCUT2D eigenvalue weighted by Gasteiger charge is -2.16. The summed E-state index contributed by atoms with van der Waals surface area (Å²) < 4.78 is 10.5. The highest BCUT2D eigenvalue weighted by atomic mass is 35.5. The topological polar surface area (TPSA) is 72.8 Å². The Morgan fingerprint density at radius 1 is 1.56 bits per heavy atom. The first-order chi connectivity index (χ1) is 8.49. The molecule has 0 aliphatic carbocycles. The number of carbonyl (C=O) groups is 2. The third-order valence-electron chi connectivity index (χ3n) is 2.11. The summed E-state index contributed by atoms with van der Waals surface area (Å²) in [4.78, 5) is 21.4. The second-order valence-electron chi connectivity index (χ2n) is 3.48. The average molecular weight is 273 g/mol. The lowest BCUT2D eigenvalue weighted by Crippen LogP contribution is -2.23. The van der Waals surface area contributed by atoms with Crippen LogP contribution in [0.15, 0.2) is 12.1 Å². The van der Waals surface area contributed by atoms with E-state index in [2.05, 4.69) is 0 Å². The van der Waals surface area contributed by atoms with E-state index >= 15 is 0 Å². The van der Waals surface area contributed by atoms with Crippen LogP contribution in [0.5, 0.6) is 11.5 Å². The number of halogens is 1. The van der Waals surface area contributed by atoms with Gasteiger partial charge in [-0.3, -0.25) is 4.79 Å². The van der Waals surface area contributed by atoms with Crippen LogP contribution in [0.25, 0.3) is 0 Å². The van der Waals surface area contributed by atoms with Gasteiger partial charge in [-0.05, 0) is 26.0 Å². The first-order valence-electron chi connectivity index (χ1n) is 5.30. The van der Waals surface area contributed by atoms with Crippen LogP contribution in [0.4, 0.5) is 0 Å². The Kier molecular flexibility index (Phi) is 4.97. The fourth-order valence-corrected chi connectivity index (χ4v) is 1.52. The van der Waals surface area contributed by atoms with Gasteiger partial charge >= 0.3 is 5.97 Å². The molecule has 0 bridgehead atoms. The quantitative estimate of drug-likeness (QED) is 0.805. The molecule has 0 aliphatic rings. The van der Waals surface area contributed by atoms with Crippen molar-refractivity contribution in [1.29, 1.82) is 0 Å². The maximum absolute atomic E-state index is 10.7. The Balaban J connectivity index is 3.15. The SMILES string of the molecule is CCOc1cc(C=O)cc(Cl)c1O[C@@H](C)C(=O)O. The molecule has 5 nitrogen and oxygen atoms in total. The van der Waals surface area contributed by atoms with Gasteiger partial charge in [0.2, 0.25) is 0 Å². The number of carbonyl (C=O) groups excluding carboxylic acids is 1. The molecule has 1 rings (SSSR count). The molecule has 0 aliphatic heterocycles. The summed E-state index contributed by atoms with van der Waals surface area (Å²) in [6.07, 6.45) is -0.442. The molecular formula is C12H13ClO5. The monoisotopic (exact) mass is 272 g/mol. The highest BCUT2D eigenvalue weighted by Crippen LogP contribution is 2.37. The normalized spacial score (nSPS) is 11.7. The fraction of sp³-hybridized carbons (Fsp3) is 0.333. The number of carboxylic acid groups (broad SMARTS) is 1. The standard InChI is InChI=1S/C12H13ClO5/c1-3-17-10-5-8(6-14)4-9(13)11(10)18-7(2)12(15)16/h4-7H,3H2,1-2H3,(H,15,16)/t7-/m0/s1. The van der Waals surface area contributed by atoms with Crippen molar-refractivity contribution in [3.05, 3.63) is 22.7 Å². The van der Waals surface area contributed by atoms with Crippen LogP contribution >= 0.6 is 11.6 Å². The van der Waals surface area contributed by atoms with Crippen molar-refractivity contribution in [3.63, 3.8) is 0 Å². The number of aliphatic carboxylic acids is 1. The molecule has 1 atom stereocenters. The average Bonchev–Trinajstić information content (AvgIpc) is 2.32. The molecule has 0 fully saturated rings. The van der Waals surface area contributed by atoms with Crippen LogP contribution in [-0.2, 0) is 4.79 Å². The number of benzene rings is 1. The van der Waals surface area contributed by atoms with Crippen LogP contribution in [0.2, 0.25) is 5.02 Å². The fourth-order valence-electron chi connectivity index (χ4n) is 1.26. The van der Waals surface area contributed by atoms with Gasteiger partial charge in [0.25, 0.3) is 0 Å². The minimum absolute atomic E-state index is 0.124. The number of carboxylic acids is 1. The summed E-state index contributed by atoms with van der Waals surface area (Å²) >= 11 is 5.94. The molecule has 0 aromatic heterocycles. The molecule has 0 spiro atoms. The highest BCUT2D eigenvalue weighted by Gasteiger charge is 2.19. The second-order valence-corrected chi connectivity index (χ2v) is 3.89. The van der Waals surface area contributed by atoms with Crippen molar-refractivity contribution in [2.75, 3.05) is 6.61 Å². The number of aldehydes is 1. The molecule has 0 saturated heterocycles. The third-order valence-corrected chi connectivity index (χ3v) is 2.39. The lowest BCUT2D eigenvalue weighted by atomic mass is 10.2. The van der Waals surface area contributed by atoms with Gasteiger partial charge < -0.3 is 14.6 Å². The van der Waals surface area contributed by atoms with E-state index in [1.165, 1.54) is 19.1 Å². The minimum atomic E-state index is -1.12. The molecule has 1 aromatic rings. The van der Waals surface area contributed by atoms with E-state index < -0.39 is 12.1 Å². The Morgan fingerprint density at radius 3 is 2.72 bits per heavy atom. The lowest BCUT2D eigenvalue weighted by molar-refractivity contribution is -0.144. The maximum Gasteiger partial charge on any atom is 0.344 e. The summed E-state index contributed by atoms with van der Waals surface area (Å²) in [5.74, 6) is -0.743. The third kappa shape index (κ3) is 3.37. The van der Waals surface area contributed by atoms with Crippen molar-refractivity contribution in [2.24, 2.45) is 0 Å². The predicted molar refractivity (Wildman–Crippen MR) is 65.7 cm³/mol. The van der Waals surface area contributed by atoms with Gasteiger partial charge in [0.05, 0.1) is 11.6 Å². The van der Waals surface area contributed by atoms with Gasteiger partial charge in [0.1, 0.15) is 6.29 Å².